The van der Waals surface area contributed by atoms with Crippen LogP contribution in [0.25, 0.3) is 77.7 Å². The molecule has 0 saturated carbocycles. The summed E-state index contributed by atoms with van der Waals surface area (Å²) < 4.78 is 10.4. The molecule has 230 valence electrons. The zero-order chi connectivity index (χ0) is 32.4. The number of hydrogen-bond donors (Lipinski definition) is 0. The lowest BCUT2D eigenvalue weighted by Gasteiger charge is -2.32. The van der Waals surface area contributed by atoms with Crippen molar-refractivity contribution in [2.45, 2.75) is 27.7 Å². The van der Waals surface area contributed by atoms with Gasteiger partial charge in [0.1, 0.15) is 11.3 Å². The number of hydrogen-bond acceptors (Lipinski definition) is 0. The Morgan fingerprint density at radius 3 is 1.41 bits per heavy atom. The Balaban J connectivity index is 1.41. The van der Waals surface area contributed by atoms with E-state index in [0.29, 0.717) is 0 Å². The van der Waals surface area contributed by atoms with Gasteiger partial charge in [0.05, 0.1) is 33.1 Å². The Labute approximate surface area is 283 Å². The van der Waals surface area contributed by atoms with Gasteiger partial charge in [0.2, 0.25) is 0 Å². The standard InChI is InChI=1S/C44H31BN4/c1-24-18-26(3)41-36(20-24)46-32-16-10-8-14-30(32)38-43(46)48(41)34-22-29(28-12-6-5-7-13-28)23-35-40(34)45(38)39-31-15-9-11-17-33(31)47-37-21-25(2)19-27(4)42(37)49(35)44(39)47/h5-23H,1-4H3. The summed E-state index contributed by atoms with van der Waals surface area (Å²) in [6.07, 6.45) is 0. The maximum atomic E-state index is 2.62. The Morgan fingerprint density at radius 1 is 0.429 bits per heavy atom. The Kier molecular flexibility index (Phi) is 4.55. The number of imidazole rings is 2. The van der Waals surface area contributed by atoms with E-state index in [9.17, 15) is 0 Å². The molecular weight excluding hydrogens is 595 g/mol. The molecule has 0 N–H and O–H groups in total. The summed E-state index contributed by atoms with van der Waals surface area (Å²) in [6.45, 7) is 9.09. The summed E-state index contributed by atoms with van der Waals surface area (Å²) in [5, 5.41) is 2.67. The van der Waals surface area contributed by atoms with Crippen molar-refractivity contribution in [1.82, 2.24) is 17.9 Å². The van der Waals surface area contributed by atoms with Crippen LogP contribution in [0.5, 0.6) is 0 Å². The second-order valence-electron chi connectivity index (χ2n) is 14.5. The number of benzene rings is 6. The Bertz CT molecular complexity index is 2960. The van der Waals surface area contributed by atoms with Crippen LogP contribution in [0.4, 0.5) is 0 Å². The number of para-hydroxylation sites is 2. The van der Waals surface area contributed by atoms with Gasteiger partial charge in [0.15, 0.2) is 0 Å². The van der Waals surface area contributed by atoms with Crippen LogP contribution in [0.3, 0.4) is 0 Å². The van der Waals surface area contributed by atoms with Crippen LogP contribution in [0.2, 0.25) is 0 Å². The molecule has 4 nitrogen and oxygen atoms in total. The van der Waals surface area contributed by atoms with E-state index < -0.39 is 0 Å². The van der Waals surface area contributed by atoms with Crippen molar-refractivity contribution in [3.63, 3.8) is 0 Å². The normalized spacial score (nSPS) is 13.3. The molecule has 2 aliphatic heterocycles. The molecule has 0 amide bonds. The largest absolute Gasteiger partial charge is 0.295 e. The summed E-state index contributed by atoms with van der Waals surface area (Å²) in [5.41, 5.74) is 24.7. The van der Waals surface area contributed by atoms with E-state index in [4.69, 9.17) is 0 Å². The number of aromatic nitrogens is 4. The zero-order valence-electron chi connectivity index (χ0n) is 27.8. The van der Waals surface area contributed by atoms with Crippen molar-refractivity contribution in [2.24, 2.45) is 0 Å². The quantitative estimate of drug-likeness (QED) is 0.163. The first-order chi connectivity index (χ1) is 24.0. The summed E-state index contributed by atoms with van der Waals surface area (Å²) in [7, 11) is 0. The fourth-order valence-electron chi connectivity index (χ4n) is 10.00. The summed E-state index contributed by atoms with van der Waals surface area (Å²) in [5.74, 6) is 0. The lowest BCUT2D eigenvalue weighted by atomic mass is 9.34. The molecule has 0 saturated heterocycles. The van der Waals surface area contributed by atoms with Crippen molar-refractivity contribution in [1.29, 1.82) is 0 Å². The van der Waals surface area contributed by atoms with Gasteiger partial charge >= 0.3 is 0 Å². The molecule has 0 unspecified atom stereocenters. The van der Waals surface area contributed by atoms with E-state index in [1.807, 2.05) is 0 Å². The zero-order valence-corrected chi connectivity index (χ0v) is 27.8. The number of rotatable bonds is 1. The molecule has 10 aromatic rings. The topological polar surface area (TPSA) is 18.7 Å². The molecule has 2 aliphatic rings. The van der Waals surface area contributed by atoms with Gasteiger partial charge in [-0.3, -0.25) is 17.9 Å². The van der Waals surface area contributed by atoms with Crippen LogP contribution >= 0.6 is 0 Å². The van der Waals surface area contributed by atoms with Gasteiger partial charge in [-0.05, 0) is 125 Å². The minimum atomic E-state index is 0.0658. The van der Waals surface area contributed by atoms with E-state index in [1.165, 1.54) is 116 Å². The average Bonchev–Trinajstić information content (AvgIpc) is 3.83. The molecule has 0 spiro atoms. The van der Waals surface area contributed by atoms with Crippen LogP contribution in [0.15, 0.2) is 115 Å². The number of nitrogens with zero attached hydrogens (tertiary/aromatic N) is 4. The Morgan fingerprint density at radius 2 is 0.898 bits per heavy atom. The Hall–Kier alpha value is -5.94. The molecule has 6 aromatic carbocycles. The molecule has 49 heavy (non-hydrogen) atoms. The third-order valence-corrected chi connectivity index (χ3v) is 11.6. The van der Waals surface area contributed by atoms with Gasteiger partial charge in [0.25, 0.3) is 6.71 Å². The fourth-order valence-corrected chi connectivity index (χ4v) is 10.00. The molecule has 4 aromatic heterocycles. The maximum Gasteiger partial charge on any atom is 0.258 e. The highest BCUT2D eigenvalue weighted by Crippen LogP contribution is 2.42. The predicted octanol–water partition coefficient (Wildman–Crippen LogP) is 8.43. The highest BCUT2D eigenvalue weighted by atomic mass is 15.2. The predicted molar refractivity (Wildman–Crippen MR) is 206 cm³/mol. The van der Waals surface area contributed by atoms with E-state index in [2.05, 4.69) is 161 Å². The molecule has 0 fully saturated rings. The van der Waals surface area contributed by atoms with Crippen LogP contribution in [0.1, 0.15) is 22.3 Å². The number of aryl methyl sites for hydroxylation is 4. The summed E-state index contributed by atoms with van der Waals surface area (Å²) in [6, 6.07) is 43.5. The maximum absolute atomic E-state index is 2.62. The third-order valence-electron chi connectivity index (χ3n) is 11.6. The van der Waals surface area contributed by atoms with E-state index in [1.54, 1.807) is 0 Å². The minimum absolute atomic E-state index is 0.0658. The molecular formula is C44H31BN4. The summed E-state index contributed by atoms with van der Waals surface area (Å²) >= 11 is 0. The first-order valence-corrected chi connectivity index (χ1v) is 17.3. The molecule has 5 heteroatoms. The minimum Gasteiger partial charge on any atom is -0.295 e. The molecule has 0 atom stereocenters. The molecule has 0 bridgehead atoms. The van der Waals surface area contributed by atoms with E-state index in [0.717, 1.165) is 0 Å². The molecule has 6 heterocycles. The highest BCUT2D eigenvalue weighted by molar-refractivity contribution is 7.02. The van der Waals surface area contributed by atoms with Crippen molar-refractivity contribution < 1.29 is 0 Å². The number of fused-ring (bicyclic) bond motifs is 16. The van der Waals surface area contributed by atoms with Crippen molar-refractivity contribution in [3.05, 3.63) is 138 Å². The molecule has 0 radical (unpaired) electrons. The van der Waals surface area contributed by atoms with Crippen molar-refractivity contribution >= 4 is 78.3 Å². The van der Waals surface area contributed by atoms with Gasteiger partial charge in [-0.1, -0.05) is 78.9 Å². The van der Waals surface area contributed by atoms with Crippen LogP contribution in [-0.2, 0) is 0 Å². The van der Waals surface area contributed by atoms with Gasteiger partial charge in [-0.25, -0.2) is 0 Å². The van der Waals surface area contributed by atoms with E-state index >= 15 is 0 Å². The second kappa shape index (κ2) is 8.55. The first-order valence-electron chi connectivity index (χ1n) is 17.3. The van der Waals surface area contributed by atoms with Crippen molar-refractivity contribution in [2.75, 3.05) is 0 Å². The van der Waals surface area contributed by atoms with Gasteiger partial charge in [-0.15, -0.1) is 0 Å². The first kappa shape index (κ1) is 26.1. The van der Waals surface area contributed by atoms with Crippen LogP contribution < -0.4 is 16.4 Å². The molecule has 12 rings (SSSR count). The van der Waals surface area contributed by atoms with Crippen LogP contribution in [0, 0.1) is 27.7 Å². The molecule has 0 aliphatic carbocycles. The van der Waals surface area contributed by atoms with Gasteiger partial charge in [0, 0.05) is 11.4 Å². The van der Waals surface area contributed by atoms with Crippen molar-refractivity contribution in [3.8, 4) is 22.5 Å². The van der Waals surface area contributed by atoms with Gasteiger partial charge in [-0.2, -0.15) is 0 Å². The average molecular weight is 627 g/mol. The van der Waals surface area contributed by atoms with E-state index in [-0.39, 0.29) is 6.71 Å². The van der Waals surface area contributed by atoms with Crippen LogP contribution in [-0.4, -0.2) is 24.6 Å². The smallest absolute Gasteiger partial charge is 0.258 e. The fraction of sp³-hybridized carbons (Fsp3) is 0.0909. The third kappa shape index (κ3) is 2.92. The summed E-state index contributed by atoms with van der Waals surface area (Å²) in [4.78, 5) is 0. The van der Waals surface area contributed by atoms with Gasteiger partial charge < -0.3 is 0 Å². The lowest BCUT2D eigenvalue weighted by molar-refractivity contribution is 1.11. The second-order valence-corrected chi connectivity index (χ2v) is 14.5. The SMILES string of the molecule is Cc1cc(C)c2c(c1)n1c3ccccc3c3c1n2-c1cc(-c2ccccc2)cc2c1B3c1c3ccccc3n3c4cc(C)cc(C)c4n-2c13. The monoisotopic (exact) mass is 626 g/mol. The highest BCUT2D eigenvalue weighted by Gasteiger charge is 2.45. The lowest BCUT2D eigenvalue weighted by Crippen LogP contribution is -2.59.